The van der Waals surface area contributed by atoms with Gasteiger partial charge >= 0.3 is 0 Å². The molecule has 8 nitrogen and oxygen atoms in total. The standard InChI is InChI=1S/C35H38BrN3O5S/c1-4-22-37-35(41)33(23-27-8-6-5-7-9-27)38(24-28-12-14-29(36)15-13-28)34(40)25-39(30-16-18-31(44-3)19-17-30)45(42,43)32-20-10-26(2)11-21-32/h5-21,33H,4,22-25H2,1-3H3,(H,37,41)/t33-/m0/s1. The van der Waals surface area contributed by atoms with Gasteiger partial charge < -0.3 is 15.0 Å². The van der Waals surface area contributed by atoms with Gasteiger partial charge in [-0.1, -0.05) is 83.0 Å². The van der Waals surface area contributed by atoms with Crippen molar-refractivity contribution in [3.05, 3.63) is 124 Å². The summed E-state index contributed by atoms with van der Waals surface area (Å²) < 4.78 is 35.5. The Hall–Kier alpha value is -4.15. The largest absolute Gasteiger partial charge is 0.497 e. The Morgan fingerprint density at radius 1 is 0.867 bits per heavy atom. The number of rotatable bonds is 14. The molecule has 4 aromatic rings. The number of hydrogen-bond donors (Lipinski definition) is 1. The molecule has 4 rings (SSSR count). The van der Waals surface area contributed by atoms with Crippen LogP contribution in [0.5, 0.6) is 5.75 Å². The highest BCUT2D eigenvalue weighted by atomic mass is 79.9. The number of benzene rings is 4. The van der Waals surface area contributed by atoms with Crippen LogP contribution in [0.4, 0.5) is 5.69 Å². The Morgan fingerprint density at radius 3 is 2.11 bits per heavy atom. The van der Waals surface area contributed by atoms with Crippen molar-refractivity contribution in [1.82, 2.24) is 10.2 Å². The van der Waals surface area contributed by atoms with Crippen molar-refractivity contribution in [3.8, 4) is 5.75 Å². The van der Waals surface area contributed by atoms with Crippen LogP contribution in [-0.2, 0) is 32.6 Å². The molecule has 1 atom stereocenters. The van der Waals surface area contributed by atoms with Gasteiger partial charge in [0.25, 0.3) is 10.0 Å². The second kappa shape index (κ2) is 15.7. The number of nitrogens with one attached hydrogen (secondary N) is 1. The van der Waals surface area contributed by atoms with Gasteiger partial charge in [-0.05, 0) is 73.0 Å². The van der Waals surface area contributed by atoms with Crippen LogP contribution in [0.3, 0.4) is 0 Å². The monoisotopic (exact) mass is 691 g/mol. The number of sulfonamides is 1. The molecule has 10 heteroatoms. The average molecular weight is 693 g/mol. The van der Waals surface area contributed by atoms with Gasteiger partial charge in [0, 0.05) is 24.0 Å². The molecule has 1 N–H and O–H groups in total. The summed E-state index contributed by atoms with van der Waals surface area (Å²) in [6.45, 7) is 3.86. The number of anilines is 1. The molecule has 0 aliphatic carbocycles. The van der Waals surface area contributed by atoms with E-state index in [0.717, 1.165) is 31.9 Å². The second-order valence-electron chi connectivity index (χ2n) is 10.7. The van der Waals surface area contributed by atoms with Crippen LogP contribution in [0.1, 0.15) is 30.0 Å². The molecule has 2 amide bonds. The van der Waals surface area contributed by atoms with Gasteiger partial charge in [0.15, 0.2) is 0 Å². The molecule has 45 heavy (non-hydrogen) atoms. The third-order valence-electron chi connectivity index (χ3n) is 7.33. The Morgan fingerprint density at radius 2 is 1.51 bits per heavy atom. The highest BCUT2D eigenvalue weighted by Crippen LogP contribution is 2.27. The van der Waals surface area contributed by atoms with Gasteiger partial charge in [0.05, 0.1) is 17.7 Å². The van der Waals surface area contributed by atoms with Crippen molar-refractivity contribution in [1.29, 1.82) is 0 Å². The van der Waals surface area contributed by atoms with E-state index in [2.05, 4.69) is 21.2 Å². The number of amides is 2. The summed E-state index contributed by atoms with van der Waals surface area (Å²) in [4.78, 5) is 29.7. The molecule has 0 spiro atoms. The molecule has 0 heterocycles. The smallest absolute Gasteiger partial charge is 0.264 e. The van der Waals surface area contributed by atoms with Crippen molar-refractivity contribution < 1.29 is 22.7 Å². The fourth-order valence-electron chi connectivity index (χ4n) is 4.82. The number of halogens is 1. The summed E-state index contributed by atoms with van der Waals surface area (Å²) in [7, 11) is -2.65. The molecule has 0 aliphatic rings. The van der Waals surface area contributed by atoms with E-state index in [0.29, 0.717) is 18.0 Å². The van der Waals surface area contributed by atoms with Crippen molar-refractivity contribution in [2.45, 2.75) is 44.2 Å². The van der Waals surface area contributed by atoms with E-state index in [1.54, 1.807) is 36.4 Å². The van der Waals surface area contributed by atoms with Gasteiger partial charge in [0.2, 0.25) is 11.8 Å². The molecule has 236 valence electrons. The fourth-order valence-corrected chi connectivity index (χ4v) is 6.50. The Kier molecular flexibility index (Phi) is 11.8. The van der Waals surface area contributed by atoms with Crippen LogP contribution in [0.25, 0.3) is 0 Å². The van der Waals surface area contributed by atoms with Crippen LogP contribution < -0.4 is 14.4 Å². The van der Waals surface area contributed by atoms with Gasteiger partial charge in [-0.25, -0.2) is 8.42 Å². The highest BCUT2D eigenvalue weighted by Gasteiger charge is 2.34. The predicted molar refractivity (Wildman–Crippen MR) is 181 cm³/mol. The van der Waals surface area contributed by atoms with E-state index in [4.69, 9.17) is 4.74 Å². The number of carbonyl (C=O) groups is 2. The molecule has 0 radical (unpaired) electrons. The number of aryl methyl sites for hydroxylation is 1. The van der Waals surface area contributed by atoms with Crippen LogP contribution in [0.2, 0.25) is 0 Å². The van der Waals surface area contributed by atoms with E-state index >= 15 is 0 Å². The molecule has 4 aromatic carbocycles. The first-order valence-corrected chi connectivity index (χ1v) is 16.9. The summed E-state index contributed by atoms with van der Waals surface area (Å²) in [6, 6.07) is 29.1. The molecule has 0 saturated heterocycles. The van der Waals surface area contributed by atoms with E-state index < -0.39 is 28.5 Å². The zero-order valence-electron chi connectivity index (χ0n) is 25.6. The molecule has 0 aliphatic heterocycles. The number of carbonyl (C=O) groups excluding carboxylic acids is 2. The number of hydrogen-bond acceptors (Lipinski definition) is 5. The molecule has 0 aromatic heterocycles. The van der Waals surface area contributed by atoms with Crippen LogP contribution in [0, 0.1) is 6.92 Å². The summed E-state index contributed by atoms with van der Waals surface area (Å²) in [6.07, 6.45) is 0.983. The molecule has 0 bridgehead atoms. The van der Waals surface area contributed by atoms with E-state index in [9.17, 15) is 18.0 Å². The van der Waals surface area contributed by atoms with Crippen molar-refractivity contribution in [2.75, 3.05) is 24.5 Å². The van der Waals surface area contributed by atoms with E-state index in [-0.39, 0.29) is 23.8 Å². The molecular weight excluding hydrogens is 654 g/mol. The zero-order chi connectivity index (χ0) is 32.4. The van der Waals surface area contributed by atoms with Crippen LogP contribution in [-0.4, -0.2) is 51.4 Å². The molecule has 0 saturated carbocycles. The molecule has 0 unspecified atom stereocenters. The van der Waals surface area contributed by atoms with Crippen LogP contribution in [0.15, 0.2) is 112 Å². The SMILES string of the molecule is CCCNC(=O)[C@H](Cc1ccccc1)N(Cc1ccc(Br)cc1)C(=O)CN(c1ccc(OC)cc1)S(=O)(=O)c1ccc(C)cc1. The van der Waals surface area contributed by atoms with Gasteiger partial charge in [0.1, 0.15) is 18.3 Å². The van der Waals surface area contributed by atoms with E-state index in [1.165, 1.54) is 24.1 Å². The highest BCUT2D eigenvalue weighted by molar-refractivity contribution is 9.10. The topological polar surface area (TPSA) is 96.0 Å². The van der Waals surface area contributed by atoms with E-state index in [1.807, 2.05) is 68.4 Å². The first kappa shape index (κ1) is 33.7. The minimum Gasteiger partial charge on any atom is -0.497 e. The van der Waals surface area contributed by atoms with Crippen molar-refractivity contribution in [3.63, 3.8) is 0 Å². The maximum atomic E-state index is 14.5. The van der Waals surface area contributed by atoms with Gasteiger partial charge in [-0.2, -0.15) is 0 Å². The predicted octanol–water partition coefficient (Wildman–Crippen LogP) is 6.13. The maximum absolute atomic E-state index is 14.5. The molecular formula is C35H38BrN3O5S. The third-order valence-corrected chi connectivity index (χ3v) is 9.65. The zero-order valence-corrected chi connectivity index (χ0v) is 28.1. The summed E-state index contributed by atoms with van der Waals surface area (Å²) >= 11 is 3.46. The Balaban J connectivity index is 1.79. The lowest BCUT2D eigenvalue weighted by Gasteiger charge is -2.34. The Bertz CT molecular complexity index is 1660. The Labute approximate surface area is 274 Å². The summed E-state index contributed by atoms with van der Waals surface area (Å²) in [5, 5.41) is 2.96. The van der Waals surface area contributed by atoms with Gasteiger partial charge in [-0.15, -0.1) is 0 Å². The lowest BCUT2D eigenvalue weighted by Crippen LogP contribution is -2.53. The lowest BCUT2D eigenvalue weighted by molar-refractivity contribution is -0.140. The van der Waals surface area contributed by atoms with Crippen molar-refractivity contribution >= 4 is 43.5 Å². The normalized spacial score (nSPS) is 11.8. The number of nitrogens with zero attached hydrogens (tertiary/aromatic N) is 2. The first-order valence-electron chi connectivity index (χ1n) is 14.7. The summed E-state index contributed by atoms with van der Waals surface area (Å²) in [5.41, 5.74) is 2.87. The fraction of sp³-hybridized carbons (Fsp3) is 0.257. The quantitative estimate of drug-likeness (QED) is 0.172. The summed E-state index contributed by atoms with van der Waals surface area (Å²) in [5.74, 6) is -0.272. The average Bonchev–Trinajstić information content (AvgIpc) is 3.05. The number of methoxy groups -OCH3 is 1. The minimum absolute atomic E-state index is 0.0534. The first-order chi connectivity index (χ1) is 21.6. The second-order valence-corrected chi connectivity index (χ2v) is 13.4. The third kappa shape index (κ3) is 8.95. The molecule has 0 fully saturated rings. The lowest BCUT2D eigenvalue weighted by atomic mass is 10.0. The van der Waals surface area contributed by atoms with Crippen molar-refractivity contribution in [2.24, 2.45) is 0 Å². The van der Waals surface area contributed by atoms with Gasteiger partial charge in [-0.3, -0.25) is 13.9 Å². The van der Waals surface area contributed by atoms with Crippen LogP contribution >= 0.6 is 15.9 Å². The maximum Gasteiger partial charge on any atom is 0.264 e. The minimum atomic E-state index is -4.18. The number of ether oxygens (including phenoxy) is 1.